The molecule has 0 saturated carbocycles. The van der Waals surface area contributed by atoms with Crippen LogP contribution in [0.5, 0.6) is 0 Å². The molecule has 0 radical (unpaired) electrons. The lowest BCUT2D eigenvalue weighted by Crippen LogP contribution is -2.36. The van der Waals surface area contributed by atoms with Crippen LogP contribution in [0.3, 0.4) is 0 Å². The molecule has 2 aromatic carbocycles. The van der Waals surface area contributed by atoms with E-state index in [4.69, 9.17) is 4.74 Å². The van der Waals surface area contributed by atoms with E-state index >= 15 is 0 Å². The molecule has 0 atom stereocenters. The molecule has 3 rings (SSSR count). The first-order valence-corrected chi connectivity index (χ1v) is 8.04. The SMILES string of the molecule is Cc1cccc(C(=O)Nc2ccc(N3CCOCC3)cc2)c1[N+](=O)[O-]. The number of rotatable bonds is 4. The summed E-state index contributed by atoms with van der Waals surface area (Å²) >= 11 is 0. The summed E-state index contributed by atoms with van der Waals surface area (Å²) in [6.45, 7) is 4.69. The molecule has 0 aromatic heterocycles. The Kier molecular flexibility index (Phi) is 4.95. The van der Waals surface area contributed by atoms with Crippen LogP contribution in [0.15, 0.2) is 42.5 Å². The Bertz CT molecular complexity index is 783. The molecule has 130 valence electrons. The predicted molar refractivity (Wildman–Crippen MR) is 95.3 cm³/mol. The number of carbonyl (C=O) groups is 1. The van der Waals surface area contributed by atoms with Crippen molar-refractivity contribution in [3.8, 4) is 0 Å². The topological polar surface area (TPSA) is 84.7 Å². The number of nitro groups is 1. The Hall–Kier alpha value is -2.93. The second-order valence-corrected chi connectivity index (χ2v) is 5.83. The second kappa shape index (κ2) is 7.31. The first-order chi connectivity index (χ1) is 12.1. The van der Waals surface area contributed by atoms with E-state index in [1.165, 1.54) is 6.07 Å². The fourth-order valence-electron chi connectivity index (χ4n) is 2.86. The Morgan fingerprint density at radius 1 is 1.16 bits per heavy atom. The number of anilines is 2. The van der Waals surface area contributed by atoms with Crippen LogP contribution in [0.25, 0.3) is 0 Å². The summed E-state index contributed by atoms with van der Waals surface area (Å²) in [7, 11) is 0. The lowest BCUT2D eigenvalue weighted by Gasteiger charge is -2.28. The van der Waals surface area contributed by atoms with Gasteiger partial charge in [0.1, 0.15) is 5.56 Å². The quantitative estimate of drug-likeness (QED) is 0.682. The molecule has 0 bridgehead atoms. The molecular formula is C18H19N3O4. The van der Waals surface area contributed by atoms with Gasteiger partial charge in [0.15, 0.2) is 0 Å². The van der Waals surface area contributed by atoms with Crippen LogP contribution < -0.4 is 10.2 Å². The van der Waals surface area contributed by atoms with Crippen LogP contribution in [0, 0.1) is 17.0 Å². The number of nitrogens with zero attached hydrogens (tertiary/aromatic N) is 2. The van der Waals surface area contributed by atoms with Gasteiger partial charge in [0, 0.05) is 30.0 Å². The van der Waals surface area contributed by atoms with Gasteiger partial charge in [-0.2, -0.15) is 0 Å². The molecule has 1 saturated heterocycles. The first-order valence-electron chi connectivity index (χ1n) is 8.04. The van der Waals surface area contributed by atoms with Gasteiger partial charge in [0.05, 0.1) is 18.1 Å². The minimum absolute atomic E-state index is 0.0576. The van der Waals surface area contributed by atoms with Crippen molar-refractivity contribution in [2.24, 2.45) is 0 Å². The minimum atomic E-state index is -0.522. The summed E-state index contributed by atoms with van der Waals surface area (Å²) in [6, 6.07) is 12.2. The van der Waals surface area contributed by atoms with Gasteiger partial charge in [-0.1, -0.05) is 12.1 Å². The highest BCUT2D eigenvalue weighted by Crippen LogP contribution is 2.25. The van der Waals surface area contributed by atoms with Gasteiger partial charge in [-0.3, -0.25) is 14.9 Å². The largest absolute Gasteiger partial charge is 0.378 e. The molecule has 7 heteroatoms. The summed E-state index contributed by atoms with van der Waals surface area (Å²) in [5.41, 5.74) is 2.01. The number of nitrogens with one attached hydrogen (secondary N) is 1. The predicted octanol–water partition coefficient (Wildman–Crippen LogP) is 2.99. The molecule has 25 heavy (non-hydrogen) atoms. The number of nitro benzene ring substituents is 1. The Morgan fingerprint density at radius 2 is 1.84 bits per heavy atom. The normalized spacial score (nSPS) is 14.2. The highest BCUT2D eigenvalue weighted by molar-refractivity contribution is 6.07. The molecule has 7 nitrogen and oxygen atoms in total. The van der Waals surface area contributed by atoms with Crippen molar-refractivity contribution in [1.29, 1.82) is 0 Å². The van der Waals surface area contributed by atoms with Crippen LogP contribution in [0.4, 0.5) is 17.1 Å². The van der Waals surface area contributed by atoms with Crippen LogP contribution in [-0.4, -0.2) is 37.1 Å². The second-order valence-electron chi connectivity index (χ2n) is 5.83. The number of para-hydroxylation sites is 1. The lowest BCUT2D eigenvalue weighted by molar-refractivity contribution is -0.385. The van der Waals surface area contributed by atoms with E-state index in [1.54, 1.807) is 31.2 Å². The summed E-state index contributed by atoms with van der Waals surface area (Å²) in [6.07, 6.45) is 0. The fraction of sp³-hybridized carbons (Fsp3) is 0.278. The number of ether oxygens (including phenoxy) is 1. The van der Waals surface area contributed by atoms with Gasteiger partial charge >= 0.3 is 0 Å². The summed E-state index contributed by atoms with van der Waals surface area (Å²) < 4.78 is 5.33. The van der Waals surface area contributed by atoms with Crippen molar-refractivity contribution in [1.82, 2.24) is 0 Å². The lowest BCUT2D eigenvalue weighted by atomic mass is 10.1. The van der Waals surface area contributed by atoms with Crippen molar-refractivity contribution >= 4 is 23.0 Å². The van der Waals surface area contributed by atoms with E-state index in [1.807, 2.05) is 12.1 Å². The zero-order valence-electron chi connectivity index (χ0n) is 13.9. The van der Waals surface area contributed by atoms with Gasteiger partial charge in [0.2, 0.25) is 0 Å². The summed E-state index contributed by atoms with van der Waals surface area (Å²) in [5, 5.41) is 14.0. The molecule has 0 spiro atoms. The molecule has 1 aliphatic rings. The molecular weight excluding hydrogens is 322 g/mol. The number of amides is 1. The van der Waals surface area contributed by atoms with Gasteiger partial charge < -0.3 is 15.0 Å². The number of hydrogen-bond acceptors (Lipinski definition) is 5. The Morgan fingerprint density at radius 3 is 2.48 bits per heavy atom. The number of benzene rings is 2. The van der Waals surface area contributed by atoms with Crippen LogP contribution >= 0.6 is 0 Å². The first kappa shape index (κ1) is 16.9. The molecule has 1 aliphatic heterocycles. The van der Waals surface area contributed by atoms with Crippen LogP contribution in [0.2, 0.25) is 0 Å². The Labute approximate surface area is 145 Å². The van der Waals surface area contributed by atoms with E-state index in [-0.39, 0.29) is 11.3 Å². The number of carbonyl (C=O) groups excluding carboxylic acids is 1. The summed E-state index contributed by atoms with van der Waals surface area (Å²) in [4.78, 5) is 25.4. The summed E-state index contributed by atoms with van der Waals surface area (Å²) in [5.74, 6) is -0.491. The van der Waals surface area contributed by atoms with Crippen molar-refractivity contribution in [3.05, 3.63) is 63.7 Å². The van der Waals surface area contributed by atoms with E-state index in [0.717, 1.165) is 18.8 Å². The maximum Gasteiger partial charge on any atom is 0.285 e. The van der Waals surface area contributed by atoms with Crippen molar-refractivity contribution in [2.45, 2.75) is 6.92 Å². The third-order valence-corrected chi connectivity index (χ3v) is 4.17. The smallest absolute Gasteiger partial charge is 0.285 e. The Balaban J connectivity index is 1.75. The number of aryl methyl sites for hydroxylation is 1. The third kappa shape index (κ3) is 3.77. The highest BCUT2D eigenvalue weighted by Gasteiger charge is 2.22. The molecule has 0 aliphatic carbocycles. The van der Waals surface area contributed by atoms with E-state index in [2.05, 4.69) is 10.2 Å². The van der Waals surface area contributed by atoms with Gasteiger partial charge in [-0.25, -0.2) is 0 Å². The zero-order chi connectivity index (χ0) is 17.8. The van der Waals surface area contributed by atoms with Gasteiger partial charge in [0.25, 0.3) is 11.6 Å². The highest BCUT2D eigenvalue weighted by atomic mass is 16.6. The van der Waals surface area contributed by atoms with E-state index < -0.39 is 10.8 Å². The molecule has 2 aromatic rings. The number of morpholine rings is 1. The van der Waals surface area contributed by atoms with Crippen molar-refractivity contribution in [3.63, 3.8) is 0 Å². The molecule has 1 fully saturated rings. The third-order valence-electron chi connectivity index (χ3n) is 4.17. The van der Waals surface area contributed by atoms with Crippen molar-refractivity contribution in [2.75, 3.05) is 36.5 Å². The molecule has 1 N–H and O–H groups in total. The average Bonchev–Trinajstić information content (AvgIpc) is 2.62. The van der Waals surface area contributed by atoms with Gasteiger partial charge in [-0.05, 0) is 37.3 Å². The van der Waals surface area contributed by atoms with E-state index in [0.29, 0.717) is 24.5 Å². The standard InChI is InChI=1S/C18H19N3O4/c1-13-3-2-4-16(17(13)21(23)24)18(22)19-14-5-7-15(8-6-14)20-9-11-25-12-10-20/h2-8H,9-12H2,1H3,(H,19,22). The average molecular weight is 341 g/mol. The van der Waals surface area contributed by atoms with E-state index in [9.17, 15) is 14.9 Å². The molecule has 1 heterocycles. The minimum Gasteiger partial charge on any atom is -0.378 e. The van der Waals surface area contributed by atoms with Crippen LogP contribution in [0.1, 0.15) is 15.9 Å². The molecule has 1 amide bonds. The van der Waals surface area contributed by atoms with Gasteiger partial charge in [-0.15, -0.1) is 0 Å². The van der Waals surface area contributed by atoms with Crippen LogP contribution in [-0.2, 0) is 4.74 Å². The maximum absolute atomic E-state index is 12.4. The zero-order valence-corrected chi connectivity index (χ0v) is 13.9. The maximum atomic E-state index is 12.4. The van der Waals surface area contributed by atoms with Crippen molar-refractivity contribution < 1.29 is 14.5 Å². The monoisotopic (exact) mass is 341 g/mol. The fourth-order valence-corrected chi connectivity index (χ4v) is 2.86. The number of hydrogen-bond donors (Lipinski definition) is 1. The molecule has 0 unspecified atom stereocenters.